The third-order valence-corrected chi connectivity index (χ3v) is 6.71. The van der Waals surface area contributed by atoms with E-state index in [1.54, 1.807) is 25.1 Å². The number of benzene rings is 3. The van der Waals surface area contributed by atoms with E-state index in [-0.39, 0.29) is 24.9 Å². The molecule has 1 unspecified atom stereocenters. The van der Waals surface area contributed by atoms with Crippen molar-refractivity contribution in [2.24, 2.45) is 0 Å². The Labute approximate surface area is 215 Å². The minimum Gasteiger partial charge on any atom is -0.378 e. The third kappa shape index (κ3) is 5.45. The third-order valence-electron chi connectivity index (χ3n) is 6.71. The van der Waals surface area contributed by atoms with Crippen LogP contribution in [0, 0.1) is 5.82 Å². The zero-order valence-electron chi connectivity index (χ0n) is 21.5. The number of nitrogens with one attached hydrogen (secondary N) is 1. The van der Waals surface area contributed by atoms with E-state index in [9.17, 15) is 14.0 Å². The molecule has 1 atom stereocenters. The van der Waals surface area contributed by atoms with E-state index < -0.39 is 11.4 Å². The highest BCUT2D eigenvalue weighted by Crippen LogP contribution is 2.27. The van der Waals surface area contributed by atoms with Crippen LogP contribution >= 0.6 is 0 Å². The standard InChI is InChI=1S/C28H31FN6O2/c1-5-28(2,27(37)30-21-14-16-22(17-15-21)33(3)4)34(18-20-10-6-7-11-23(20)29)26(36)19-35-25-13-9-8-12-24(25)31-32-35/h6-17H,5,18-19H2,1-4H3,(H,30,37). The van der Waals surface area contributed by atoms with Crippen LogP contribution in [0.1, 0.15) is 25.8 Å². The molecule has 0 bridgehead atoms. The normalized spacial score (nSPS) is 12.7. The monoisotopic (exact) mass is 502 g/mol. The molecule has 0 radical (unpaired) electrons. The molecule has 8 nitrogen and oxygen atoms in total. The van der Waals surface area contributed by atoms with E-state index in [2.05, 4.69) is 15.6 Å². The van der Waals surface area contributed by atoms with Gasteiger partial charge in [0.25, 0.3) is 0 Å². The van der Waals surface area contributed by atoms with E-state index in [1.807, 2.05) is 74.4 Å². The predicted octanol–water partition coefficient (Wildman–Crippen LogP) is 4.47. The Morgan fingerprint density at radius 3 is 2.35 bits per heavy atom. The summed E-state index contributed by atoms with van der Waals surface area (Å²) in [6.07, 6.45) is 0.312. The summed E-state index contributed by atoms with van der Waals surface area (Å²) >= 11 is 0. The van der Waals surface area contributed by atoms with Crippen molar-refractivity contribution < 1.29 is 14.0 Å². The molecule has 0 aliphatic carbocycles. The number of hydrogen-bond donors (Lipinski definition) is 1. The number of hydrogen-bond acceptors (Lipinski definition) is 5. The molecule has 0 saturated heterocycles. The minimum atomic E-state index is -1.27. The van der Waals surface area contributed by atoms with Gasteiger partial charge in [0.15, 0.2) is 0 Å². The van der Waals surface area contributed by atoms with Gasteiger partial charge in [-0.2, -0.15) is 0 Å². The molecule has 37 heavy (non-hydrogen) atoms. The maximum Gasteiger partial charge on any atom is 0.250 e. The fourth-order valence-corrected chi connectivity index (χ4v) is 4.17. The molecule has 1 heterocycles. The van der Waals surface area contributed by atoms with Crippen molar-refractivity contribution in [2.45, 2.75) is 38.9 Å². The molecule has 4 aromatic rings. The van der Waals surface area contributed by atoms with E-state index >= 15 is 0 Å². The van der Waals surface area contributed by atoms with Gasteiger partial charge < -0.3 is 15.1 Å². The van der Waals surface area contributed by atoms with Gasteiger partial charge in [0.1, 0.15) is 23.4 Å². The highest BCUT2D eigenvalue weighted by molar-refractivity contribution is 6.00. The van der Waals surface area contributed by atoms with Crippen molar-refractivity contribution in [3.8, 4) is 0 Å². The smallest absolute Gasteiger partial charge is 0.250 e. The zero-order chi connectivity index (χ0) is 26.6. The molecule has 4 rings (SSSR count). The lowest BCUT2D eigenvalue weighted by atomic mass is 9.93. The Morgan fingerprint density at radius 1 is 1.00 bits per heavy atom. The van der Waals surface area contributed by atoms with Gasteiger partial charge in [0, 0.05) is 37.6 Å². The van der Waals surface area contributed by atoms with Gasteiger partial charge in [-0.05, 0) is 55.8 Å². The molecule has 3 aromatic carbocycles. The molecule has 0 saturated carbocycles. The Morgan fingerprint density at radius 2 is 1.68 bits per heavy atom. The van der Waals surface area contributed by atoms with Crippen molar-refractivity contribution >= 4 is 34.2 Å². The summed E-state index contributed by atoms with van der Waals surface area (Å²) in [7, 11) is 3.87. The molecule has 0 fully saturated rings. The Bertz CT molecular complexity index is 1400. The van der Waals surface area contributed by atoms with E-state index in [0.29, 0.717) is 28.7 Å². The number of nitrogens with zero attached hydrogens (tertiary/aromatic N) is 5. The van der Waals surface area contributed by atoms with Crippen molar-refractivity contribution in [3.05, 3.63) is 84.2 Å². The first-order valence-corrected chi connectivity index (χ1v) is 12.1. The van der Waals surface area contributed by atoms with Gasteiger partial charge in [-0.25, -0.2) is 9.07 Å². The van der Waals surface area contributed by atoms with E-state index in [4.69, 9.17) is 0 Å². The lowest BCUT2D eigenvalue weighted by molar-refractivity contribution is -0.146. The van der Waals surface area contributed by atoms with Crippen molar-refractivity contribution in [3.63, 3.8) is 0 Å². The van der Waals surface area contributed by atoms with Crippen LogP contribution in [0.25, 0.3) is 11.0 Å². The molecule has 192 valence electrons. The average molecular weight is 503 g/mol. The maximum atomic E-state index is 14.7. The van der Waals surface area contributed by atoms with Crippen LogP contribution in [0.5, 0.6) is 0 Å². The topological polar surface area (TPSA) is 83.4 Å². The molecule has 1 aromatic heterocycles. The number of aromatic nitrogens is 3. The first-order chi connectivity index (χ1) is 17.7. The second kappa shape index (κ2) is 10.8. The van der Waals surface area contributed by atoms with Gasteiger partial charge >= 0.3 is 0 Å². The van der Waals surface area contributed by atoms with Crippen molar-refractivity contribution in [1.29, 1.82) is 0 Å². The summed E-state index contributed by atoms with van der Waals surface area (Å²) < 4.78 is 16.2. The molecule has 0 aliphatic heterocycles. The number of carbonyl (C=O) groups is 2. The van der Waals surface area contributed by atoms with Gasteiger partial charge in [-0.1, -0.05) is 42.5 Å². The van der Waals surface area contributed by atoms with Crippen LogP contribution < -0.4 is 10.2 Å². The predicted molar refractivity (Wildman–Crippen MR) is 143 cm³/mol. The van der Waals surface area contributed by atoms with Crippen molar-refractivity contribution in [2.75, 3.05) is 24.3 Å². The van der Waals surface area contributed by atoms with Crippen LogP contribution in [-0.4, -0.2) is 51.3 Å². The first-order valence-electron chi connectivity index (χ1n) is 12.1. The summed E-state index contributed by atoms with van der Waals surface area (Å²) in [5.74, 6) is -1.17. The molecule has 0 aliphatic rings. The quantitative estimate of drug-likeness (QED) is 0.365. The number of carbonyl (C=O) groups excluding carboxylic acids is 2. The first kappa shape index (κ1) is 25.8. The summed E-state index contributed by atoms with van der Waals surface area (Å²) in [5.41, 5.74) is 2.01. The zero-order valence-corrected chi connectivity index (χ0v) is 21.5. The van der Waals surface area contributed by atoms with Gasteiger partial charge in [-0.15, -0.1) is 5.10 Å². The number of amides is 2. The molecule has 1 N–H and O–H groups in total. The lowest BCUT2D eigenvalue weighted by Crippen LogP contribution is -2.57. The van der Waals surface area contributed by atoms with Gasteiger partial charge in [0.2, 0.25) is 11.8 Å². The number of halogens is 1. The van der Waals surface area contributed by atoms with Crippen LogP contribution in [0.4, 0.5) is 15.8 Å². The maximum absolute atomic E-state index is 14.7. The van der Waals surface area contributed by atoms with Crippen LogP contribution in [0.2, 0.25) is 0 Å². The highest BCUT2D eigenvalue weighted by atomic mass is 19.1. The fourth-order valence-electron chi connectivity index (χ4n) is 4.17. The summed E-state index contributed by atoms with van der Waals surface area (Å²) in [4.78, 5) is 30.9. The highest BCUT2D eigenvalue weighted by Gasteiger charge is 2.41. The fraction of sp³-hybridized carbons (Fsp3) is 0.286. The van der Waals surface area contributed by atoms with Gasteiger partial charge in [0.05, 0.1) is 5.52 Å². The number of para-hydroxylation sites is 1. The number of anilines is 2. The van der Waals surface area contributed by atoms with Crippen LogP contribution in [0.3, 0.4) is 0 Å². The molecular weight excluding hydrogens is 471 g/mol. The minimum absolute atomic E-state index is 0.0739. The Balaban J connectivity index is 1.66. The van der Waals surface area contributed by atoms with E-state index in [1.165, 1.54) is 15.6 Å². The molecule has 9 heteroatoms. The molecule has 0 spiro atoms. The number of rotatable bonds is 9. The summed E-state index contributed by atoms with van der Waals surface area (Å²) in [5, 5.41) is 11.2. The van der Waals surface area contributed by atoms with Crippen LogP contribution in [0.15, 0.2) is 72.8 Å². The Hall–Kier alpha value is -4.27. The molecular formula is C28H31FN6O2. The van der Waals surface area contributed by atoms with Crippen molar-refractivity contribution in [1.82, 2.24) is 19.9 Å². The largest absolute Gasteiger partial charge is 0.378 e. The SMILES string of the molecule is CCC(C)(C(=O)Nc1ccc(N(C)C)cc1)N(Cc1ccccc1F)C(=O)Cn1nnc2ccccc21. The number of fused-ring (bicyclic) bond motifs is 1. The summed E-state index contributed by atoms with van der Waals surface area (Å²) in [6.45, 7) is 3.32. The average Bonchev–Trinajstić information content (AvgIpc) is 3.30. The molecule has 2 amide bonds. The Kier molecular flexibility index (Phi) is 7.52. The second-order valence-electron chi connectivity index (χ2n) is 9.33. The lowest BCUT2D eigenvalue weighted by Gasteiger charge is -2.39. The van der Waals surface area contributed by atoms with E-state index in [0.717, 1.165) is 5.69 Å². The van der Waals surface area contributed by atoms with Crippen LogP contribution in [-0.2, 0) is 22.7 Å². The van der Waals surface area contributed by atoms with Gasteiger partial charge in [-0.3, -0.25) is 9.59 Å². The second-order valence-corrected chi connectivity index (χ2v) is 9.33. The summed E-state index contributed by atoms with van der Waals surface area (Å²) in [6, 6.07) is 21.0.